The highest BCUT2D eigenvalue weighted by Crippen LogP contribution is 1.87. The number of carbonyl (C=O) groups is 1. The standard InChI is InChI=1S/C5H8O2.C4H11N/c1-4(2)5(6)7-3;1-2-3-4-5/h1H2,2-3H3;2-5H2,1H3. The molecule has 3 nitrogen and oxygen atoms in total. The lowest BCUT2D eigenvalue weighted by Crippen LogP contribution is -1.98. The molecule has 0 fully saturated rings. The predicted molar refractivity (Wildman–Crippen MR) is 50.8 cm³/mol. The lowest BCUT2D eigenvalue weighted by molar-refractivity contribution is -0.136. The fourth-order valence-electron chi connectivity index (χ4n) is 0.378. The Morgan fingerprint density at radius 3 is 2.08 bits per heavy atom. The van der Waals surface area contributed by atoms with Crippen molar-refractivity contribution >= 4 is 5.97 Å². The van der Waals surface area contributed by atoms with E-state index in [2.05, 4.69) is 18.2 Å². The van der Waals surface area contributed by atoms with Crippen molar-refractivity contribution in [3.05, 3.63) is 12.2 Å². The van der Waals surface area contributed by atoms with Crippen LogP contribution >= 0.6 is 0 Å². The summed E-state index contributed by atoms with van der Waals surface area (Å²) in [6, 6.07) is 0. The Morgan fingerprint density at radius 2 is 2.08 bits per heavy atom. The molecule has 0 aromatic carbocycles. The molecule has 0 radical (unpaired) electrons. The van der Waals surface area contributed by atoms with Crippen LogP contribution in [-0.2, 0) is 9.53 Å². The summed E-state index contributed by atoms with van der Waals surface area (Å²) in [5.74, 6) is -0.347. The van der Waals surface area contributed by atoms with Crippen LogP contribution in [0, 0.1) is 0 Å². The number of hydrogen-bond acceptors (Lipinski definition) is 3. The van der Waals surface area contributed by atoms with Gasteiger partial charge in [-0.05, 0) is 19.9 Å². The molecule has 0 saturated carbocycles. The second-order valence-electron chi connectivity index (χ2n) is 2.41. The molecule has 0 aromatic rings. The van der Waals surface area contributed by atoms with Crippen LogP contribution in [0.5, 0.6) is 0 Å². The molecule has 0 saturated heterocycles. The normalized spacial score (nSPS) is 8.00. The van der Waals surface area contributed by atoms with Gasteiger partial charge in [-0.25, -0.2) is 4.79 Å². The summed E-state index contributed by atoms with van der Waals surface area (Å²) in [5.41, 5.74) is 5.57. The molecular formula is C9H19NO2. The van der Waals surface area contributed by atoms with Gasteiger partial charge in [0.05, 0.1) is 7.11 Å². The molecule has 0 unspecified atom stereocenters. The Hall–Kier alpha value is -0.830. The van der Waals surface area contributed by atoms with Gasteiger partial charge < -0.3 is 10.5 Å². The first-order valence-electron chi connectivity index (χ1n) is 4.04. The Morgan fingerprint density at radius 1 is 1.58 bits per heavy atom. The summed E-state index contributed by atoms with van der Waals surface area (Å²) < 4.78 is 4.27. The second kappa shape index (κ2) is 10.2. The Kier molecular flexibility index (Phi) is 11.6. The maximum atomic E-state index is 10.2. The van der Waals surface area contributed by atoms with E-state index in [1.54, 1.807) is 6.92 Å². The monoisotopic (exact) mass is 173 g/mol. The van der Waals surface area contributed by atoms with E-state index in [-0.39, 0.29) is 5.97 Å². The molecule has 3 heteroatoms. The first-order chi connectivity index (χ1) is 5.59. The molecule has 0 aliphatic carbocycles. The van der Waals surface area contributed by atoms with Crippen molar-refractivity contribution in [2.24, 2.45) is 5.73 Å². The minimum atomic E-state index is -0.347. The zero-order valence-electron chi connectivity index (χ0n) is 8.22. The van der Waals surface area contributed by atoms with Gasteiger partial charge in [-0.15, -0.1) is 0 Å². The van der Waals surface area contributed by atoms with Gasteiger partial charge in [0, 0.05) is 5.57 Å². The average molecular weight is 173 g/mol. The smallest absolute Gasteiger partial charge is 0.332 e. The van der Waals surface area contributed by atoms with Crippen molar-refractivity contribution in [2.75, 3.05) is 13.7 Å². The predicted octanol–water partition coefficient (Wildman–Crippen LogP) is 1.48. The first kappa shape index (κ1) is 13.7. The molecule has 0 aromatic heterocycles. The molecule has 0 rings (SSSR count). The van der Waals surface area contributed by atoms with Crippen LogP contribution in [0.1, 0.15) is 26.7 Å². The fraction of sp³-hybridized carbons (Fsp3) is 0.667. The van der Waals surface area contributed by atoms with Crippen molar-refractivity contribution in [1.82, 2.24) is 0 Å². The van der Waals surface area contributed by atoms with E-state index in [9.17, 15) is 4.79 Å². The van der Waals surface area contributed by atoms with Crippen LogP contribution in [0.4, 0.5) is 0 Å². The maximum absolute atomic E-state index is 10.2. The lowest BCUT2D eigenvalue weighted by Gasteiger charge is -1.91. The zero-order chi connectivity index (χ0) is 9.98. The van der Waals surface area contributed by atoms with Crippen LogP contribution in [0.2, 0.25) is 0 Å². The molecule has 12 heavy (non-hydrogen) atoms. The fourth-order valence-corrected chi connectivity index (χ4v) is 0.378. The van der Waals surface area contributed by atoms with Crippen LogP contribution in [-0.4, -0.2) is 19.6 Å². The molecule has 0 aliphatic rings. The number of hydrogen-bond donors (Lipinski definition) is 1. The summed E-state index contributed by atoms with van der Waals surface area (Å²) >= 11 is 0. The maximum Gasteiger partial charge on any atom is 0.332 e. The third-order valence-electron chi connectivity index (χ3n) is 1.09. The van der Waals surface area contributed by atoms with E-state index in [0.29, 0.717) is 5.57 Å². The number of esters is 1. The van der Waals surface area contributed by atoms with Crippen LogP contribution in [0.15, 0.2) is 12.2 Å². The van der Waals surface area contributed by atoms with E-state index in [0.717, 1.165) is 6.54 Å². The molecule has 0 spiro atoms. The number of unbranched alkanes of at least 4 members (excludes halogenated alkanes) is 1. The quantitative estimate of drug-likeness (QED) is 0.519. The van der Waals surface area contributed by atoms with Gasteiger partial charge in [-0.3, -0.25) is 0 Å². The summed E-state index contributed by atoms with van der Waals surface area (Å²) in [7, 11) is 1.33. The molecule has 0 aliphatic heterocycles. The van der Waals surface area contributed by atoms with Crippen molar-refractivity contribution in [1.29, 1.82) is 0 Å². The highest BCUT2D eigenvalue weighted by molar-refractivity contribution is 5.86. The Labute approximate surface area is 74.6 Å². The average Bonchev–Trinajstić information content (AvgIpc) is 2.05. The van der Waals surface area contributed by atoms with Gasteiger partial charge in [0.15, 0.2) is 0 Å². The highest BCUT2D eigenvalue weighted by atomic mass is 16.5. The molecule has 0 heterocycles. The van der Waals surface area contributed by atoms with Crippen molar-refractivity contribution in [2.45, 2.75) is 26.7 Å². The van der Waals surface area contributed by atoms with Gasteiger partial charge in [0.25, 0.3) is 0 Å². The topological polar surface area (TPSA) is 52.3 Å². The number of carbonyl (C=O) groups excluding carboxylic acids is 1. The Bertz CT molecular complexity index is 130. The third-order valence-corrected chi connectivity index (χ3v) is 1.09. The SMILES string of the molecule is C=C(C)C(=O)OC.CCCCN. The van der Waals surface area contributed by atoms with E-state index in [1.807, 2.05) is 0 Å². The number of methoxy groups -OCH3 is 1. The minimum Gasteiger partial charge on any atom is -0.466 e. The summed E-state index contributed by atoms with van der Waals surface area (Å²) in [4.78, 5) is 10.2. The summed E-state index contributed by atoms with van der Waals surface area (Å²) in [6.45, 7) is 7.93. The van der Waals surface area contributed by atoms with Crippen molar-refractivity contribution < 1.29 is 9.53 Å². The highest BCUT2D eigenvalue weighted by Gasteiger charge is 1.95. The number of rotatable bonds is 3. The number of nitrogens with two attached hydrogens (primary N) is 1. The van der Waals surface area contributed by atoms with Gasteiger partial charge >= 0.3 is 5.97 Å². The molecule has 0 amide bonds. The van der Waals surface area contributed by atoms with Crippen molar-refractivity contribution in [3.8, 4) is 0 Å². The van der Waals surface area contributed by atoms with Gasteiger partial charge in [0.2, 0.25) is 0 Å². The third kappa shape index (κ3) is 11.9. The molecular weight excluding hydrogens is 154 g/mol. The molecule has 0 atom stereocenters. The van der Waals surface area contributed by atoms with E-state index < -0.39 is 0 Å². The summed E-state index contributed by atoms with van der Waals surface area (Å²) in [6.07, 6.45) is 2.39. The van der Waals surface area contributed by atoms with E-state index >= 15 is 0 Å². The zero-order valence-corrected chi connectivity index (χ0v) is 8.22. The van der Waals surface area contributed by atoms with Crippen LogP contribution in [0.25, 0.3) is 0 Å². The minimum absolute atomic E-state index is 0.347. The van der Waals surface area contributed by atoms with E-state index in [4.69, 9.17) is 5.73 Å². The van der Waals surface area contributed by atoms with Gasteiger partial charge in [-0.2, -0.15) is 0 Å². The van der Waals surface area contributed by atoms with Crippen LogP contribution in [0.3, 0.4) is 0 Å². The lowest BCUT2D eigenvalue weighted by atomic mass is 10.3. The largest absolute Gasteiger partial charge is 0.466 e. The van der Waals surface area contributed by atoms with E-state index in [1.165, 1.54) is 20.0 Å². The van der Waals surface area contributed by atoms with Gasteiger partial charge in [0.1, 0.15) is 0 Å². The van der Waals surface area contributed by atoms with Crippen molar-refractivity contribution in [3.63, 3.8) is 0 Å². The second-order valence-corrected chi connectivity index (χ2v) is 2.41. The van der Waals surface area contributed by atoms with Gasteiger partial charge in [-0.1, -0.05) is 19.9 Å². The number of ether oxygens (including phenoxy) is 1. The molecule has 72 valence electrons. The molecule has 2 N–H and O–H groups in total. The van der Waals surface area contributed by atoms with Crippen LogP contribution < -0.4 is 5.73 Å². The Balaban J connectivity index is 0. The molecule has 0 bridgehead atoms. The first-order valence-corrected chi connectivity index (χ1v) is 4.04. The summed E-state index contributed by atoms with van der Waals surface area (Å²) in [5, 5.41) is 0.